The minimum absolute atomic E-state index is 0.140. The number of aryl methyl sites for hydroxylation is 1. The van der Waals surface area contributed by atoms with Gasteiger partial charge in [0, 0.05) is 24.7 Å². The number of nitrogens with zero attached hydrogens (tertiary/aromatic N) is 3. The van der Waals surface area contributed by atoms with Crippen LogP contribution in [-0.2, 0) is 15.3 Å². The molecule has 2 aromatic rings. The molecular formula is C16H21N3O3S. The summed E-state index contributed by atoms with van der Waals surface area (Å²) < 4.78 is 1.97. The van der Waals surface area contributed by atoms with E-state index in [0.717, 1.165) is 23.3 Å². The highest BCUT2D eigenvalue weighted by Crippen LogP contribution is 2.14. The maximum atomic E-state index is 12.1. The smallest absolute Gasteiger partial charge is 0.323 e. The third-order valence-electron chi connectivity index (χ3n) is 3.30. The monoisotopic (exact) mass is 335 g/mol. The van der Waals surface area contributed by atoms with Gasteiger partial charge in [0.15, 0.2) is 0 Å². The standard InChI is InChI=1S/C16H21N3O3S/c1-3-6-18(9-16(21)22)15(20)11-23-10-13-8-19-7-12(2)4-5-14(19)17-13/h4-5,7-8H,3,6,9-11H2,1-2H3,(H,21,22). The molecule has 6 nitrogen and oxygen atoms in total. The molecule has 0 fully saturated rings. The van der Waals surface area contributed by atoms with Crippen LogP contribution in [0.5, 0.6) is 0 Å². The van der Waals surface area contributed by atoms with Crippen molar-refractivity contribution in [1.29, 1.82) is 0 Å². The lowest BCUT2D eigenvalue weighted by molar-refractivity contribution is -0.143. The molecule has 1 amide bonds. The van der Waals surface area contributed by atoms with Crippen LogP contribution < -0.4 is 0 Å². The molecule has 23 heavy (non-hydrogen) atoms. The van der Waals surface area contributed by atoms with Crippen LogP contribution in [-0.4, -0.2) is 50.1 Å². The Morgan fingerprint density at radius 1 is 1.35 bits per heavy atom. The molecular weight excluding hydrogens is 314 g/mol. The molecule has 7 heteroatoms. The highest BCUT2D eigenvalue weighted by atomic mass is 32.2. The highest BCUT2D eigenvalue weighted by Gasteiger charge is 2.15. The van der Waals surface area contributed by atoms with Crippen LogP contribution >= 0.6 is 11.8 Å². The van der Waals surface area contributed by atoms with Gasteiger partial charge in [-0.05, 0) is 25.0 Å². The van der Waals surface area contributed by atoms with E-state index in [0.29, 0.717) is 12.3 Å². The van der Waals surface area contributed by atoms with Gasteiger partial charge in [-0.1, -0.05) is 13.0 Å². The summed E-state index contributed by atoms with van der Waals surface area (Å²) in [7, 11) is 0. The van der Waals surface area contributed by atoms with Crippen LogP contribution in [0, 0.1) is 6.92 Å². The van der Waals surface area contributed by atoms with Gasteiger partial charge in [0.2, 0.25) is 5.91 Å². The second kappa shape index (κ2) is 8.01. The minimum Gasteiger partial charge on any atom is -0.480 e. The summed E-state index contributed by atoms with van der Waals surface area (Å²) in [6.07, 6.45) is 4.72. The van der Waals surface area contributed by atoms with E-state index in [4.69, 9.17) is 5.11 Å². The van der Waals surface area contributed by atoms with E-state index in [-0.39, 0.29) is 18.2 Å². The summed E-state index contributed by atoms with van der Waals surface area (Å²) in [5, 5.41) is 8.85. The third kappa shape index (κ3) is 4.99. The van der Waals surface area contributed by atoms with Crippen LogP contribution in [0.2, 0.25) is 0 Å². The SMILES string of the molecule is CCCN(CC(=O)O)C(=O)CSCc1cn2cc(C)ccc2n1. The summed E-state index contributed by atoms with van der Waals surface area (Å²) >= 11 is 1.46. The Labute approximate surface area is 139 Å². The molecule has 0 bridgehead atoms. The van der Waals surface area contributed by atoms with Crippen molar-refractivity contribution in [2.45, 2.75) is 26.0 Å². The fourth-order valence-electron chi connectivity index (χ4n) is 2.28. The molecule has 0 saturated carbocycles. The summed E-state index contributed by atoms with van der Waals surface area (Å²) in [5.74, 6) is -0.231. The van der Waals surface area contributed by atoms with Gasteiger partial charge in [-0.15, -0.1) is 11.8 Å². The number of amides is 1. The topological polar surface area (TPSA) is 74.9 Å². The van der Waals surface area contributed by atoms with Crippen molar-refractivity contribution in [2.75, 3.05) is 18.8 Å². The zero-order valence-electron chi connectivity index (χ0n) is 13.4. The Bertz CT molecular complexity index is 699. The van der Waals surface area contributed by atoms with E-state index in [2.05, 4.69) is 4.98 Å². The van der Waals surface area contributed by atoms with E-state index < -0.39 is 5.97 Å². The summed E-state index contributed by atoms with van der Waals surface area (Å²) in [6, 6.07) is 3.97. The maximum Gasteiger partial charge on any atom is 0.323 e. The molecule has 0 aliphatic heterocycles. The predicted octanol–water partition coefficient (Wildman–Crippen LogP) is 2.20. The van der Waals surface area contributed by atoms with E-state index in [1.165, 1.54) is 16.7 Å². The third-order valence-corrected chi connectivity index (χ3v) is 4.25. The molecule has 0 saturated heterocycles. The van der Waals surface area contributed by atoms with Crippen LogP contribution in [0.15, 0.2) is 24.5 Å². The van der Waals surface area contributed by atoms with Gasteiger partial charge < -0.3 is 14.4 Å². The first kappa shape index (κ1) is 17.3. The molecule has 124 valence electrons. The molecule has 0 radical (unpaired) electrons. The fraction of sp³-hybridized carbons (Fsp3) is 0.438. The number of carboxylic acid groups (broad SMARTS) is 1. The van der Waals surface area contributed by atoms with E-state index >= 15 is 0 Å². The average Bonchev–Trinajstić information content (AvgIpc) is 2.88. The number of aromatic nitrogens is 2. The number of hydrogen-bond donors (Lipinski definition) is 1. The maximum absolute atomic E-state index is 12.1. The molecule has 2 aromatic heterocycles. The Morgan fingerprint density at radius 3 is 2.83 bits per heavy atom. The number of aliphatic carboxylic acids is 1. The van der Waals surface area contributed by atoms with Crippen LogP contribution in [0.3, 0.4) is 0 Å². The Hall–Kier alpha value is -2.02. The van der Waals surface area contributed by atoms with Gasteiger partial charge in [-0.2, -0.15) is 0 Å². The first-order valence-electron chi connectivity index (χ1n) is 7.51. The molecule has 0 spiro atoms. The van der Waals surface area contributed by atoms with Crippen LogP contribution in [0.1, 0.15) is 24.6 Å². The number of thioether (sulfide) groups is 1. The molecule has 0 aliphatic rings. The number of fused-ring (bicyclic) bond motifs is 1. The molecule has 2 heterocycles. The largest absolute Gasteiger partial charge is 0.480 e. The van der Waals surface area contributed by atoms with E-state index in [1.807, 2.05) is 42.8 Å². The summed E-state index contributed by atoms with van der Waals surface area (Å²) in [4.78, 5) is 28.8. The summed E-state index contributed by atoms with van der Waals surface area (Å²) in [5.41, 5.74) is 2.96. The molecule has 2 rings (SSSR count). The molecule has 0 atom stereocenters. The first-order chi connectivity index (χ1) is 11.0. The van der Waals surface area contributed by atoms with E-state index in [9.17, 15) is 9.59 Å². The fourth-order valence-corrected chi connectivity index (χ4v) is 3.09. The number of carboxylic acids is 1. The van der Waals surface area contributed by atoms with Crippen molar-refractivity contribution < 1.29 is 14.7 Å². The second-order valence-electron chi connectivity index (χ2n) is 5.41. The molecule has 1 N–H and O–H groups in total. The number of carbonyl (C=O) groups is 2. The van der Waals surface area contributed by atoms with Crippen LogP contribution in [0.25, 0.3) is 5.65 Å². The summed E-state index contributed by atoms with van der Waals surface area (Å²) in [6.45, 7) is 4.19. The quantitative estimate of drug-likeness (QED) is 0.800. The lowest BCUT2D eigenvalue weighted by Gasteiger charge is -2.19. The number of imidazole rings is 1. The number of pyridine rings is 1. The van der Waals surface area contributed by atoms with Gasteiger partial charge in [0.05, 0.1) is 11.4 Å². The Balaban J connectivity index is 1.89. The van der Waals surface area contributed by atoms with Gasteiger partial charge in [-0.3, -0.25) is 9.59 Å². The second-order valence-corrected chi connectivity index (χ2v) is 6.39. The van der Waals surface area contributed by atoms with Crippen molar-refractivity contribution >= 4 is 29.3 Å². The zero-order valence-corrected chi connectivity index (χ0v) is 14.2. The van der Waals surface area contributed by atoms with Crippen molar-refractivity contribution in [1.82, 2.24) is 14.3 Å². The Kier molecular flexibility index (Phi) is 6.04. The van der Waals surface area contributed by atoms with E-state index in [1.54, 1.807) is 0 Å². The predicted molar refractivity (Wildman–Crippen MR) is 90.6 cm³/mol. The number of carbonyl (C=O) groups excluding carboxylic acids is 1. The van der Waals surface area contributed by atoms with Gasteiger partial charge in [0.1, 0.15) is 12.2 Å². The lowest BCUT2D eigenvalue weighted by Crippen LogP contribution is -2.37. The van der Waals surface area contributed by atoms with Gasteiger partial charge in [0.25, 0.3) is 0 Å². The van der Waals surface area contributed by atoms with Gasteiger partial charge >= 0.3 is 5.97 Å². The van der Waals surface area contributed by atoms with Gasteiger partial charge in [-0.25, -0.2) is 4.98 Å². The van der Waals surface area contributed by atoms with Crippen LogP contribution in [0.4, 0.5) is 0 Å². The Morgan fingerprint density at radius 2 is 2.13 bits per heavy atom. The molecule has 0 aromatic carbocycles. The average molecular weight is 335 g/mol. The zero-order chi connectivity index (χ0) is 16.8. The minimum atomic E-state index is -0.979. The lowest BCUT2D eigenvalue weighted by atomic mass is 10.3. The highest BCUT2D eigenvalue weighted by molar-refractivity contribution is 7.99. The molecule has 0 aliphatic carbocycles. The van der Waals surface area contributed by atoms with Crippen molar-refractivity contribution in [3.8, 4) is 0 Å². The normalized spacial score (nSPS) is 10.9. The number of rotatable bonds is 8. The van der Waals surface area contributed by atoms with Crippen molar-refractivity contribution in [3.05, 3.63) is 35.8 Å². The number of hydrogen-bond acceptors (Lipinski definition) is 4. The molecule has 0 unspecified atom stereocenters. The van der Waals surface area contributed by atoms with Crippen molar-refractivity contribution in [2.24, 2.45) is 0 Å². The first-order valence-corrected chi connectivity index (χ1v) is 8.66. The van der Waals surface area contributed by atoms with Crippen molar-refractivity contribution in [3.63, 3.8) is 0 Å².